The van der Waals surface area contributed by atoms with E-state index in [0.29, 0.717) is 6.42 Å². The zero-order valence-corrected chi connectivity index (χ0v) is 13.7. The Balaban J connectivity index is 1.87. The number of carbonyl (C=O) groups excluding carboxylic acids is 1. The molecule has 0 bridgehead atoms. The second-order valence-electron chi connectivity index (χ2n) is 5.78. The number of rotatable bonds is 2. The van der Waals surface area contributed by atoms with Crippen molar-refractivity contribution in [1.82, 2.24) is 5.32 Å². The second kappa shape index (κ2) is 5.39. The SMILES string of the molecule is O=C1CCC2=C1C(c1ccc(Cl)c([N+](=O)[O-])c1)C1=C(CCS1)N2. The van der Waals surface area contributed by atoms with Crippen LogP contribution in [-0.4, -0.2) is 16.5 Å². The Morgan fingerprint density at radius 2 is 2.09 bits per heavy atom. The van der Waals surface area contributed by atoms with Crippen molar-refractivity contribution in [3.8, 4) is 0 Å². The summed E-state index contributed by atoms with van der Waals surface area (Å²) in [5.41, 5.74) is 3.58. The van der Waals surface area contributed by atoms with E-state index in [4.69, 9.17) is 11.6 Å². The first kappa shape index (κ1) is 14.8. The van der Waals surface area contributed by atoms with Crippen LogP contribution in [0.4, 0.5) is 5.69 Å². The van der Waals surface area contributed by atoms with E-state index >= 15 is 0 Å². The number of carbonyl (C=O) groups is 1. The second-order valence-corrected chi connectivity index (χ2v) is 7.33. The Hall–Kier alpha value is -1.79. The molecule has 118 valence electrons. The average Bonchev–Trinajstić information content (AvgIpc) is 3.13. The van der Waals surface area contributed by atoms with Crippen LogP contribution in [0, 0.1) is 10.1 Å². The van der Waals surface area contributed by atoms with Crippen molar-refractivity contribution in [3.63, 3.8) is 0 Å². The number of hydrogen-bond acceptors (Lipinski definition) is 5. The summed E-state index contributed by atoms with van der Waals surface area (Å²) in [5, 5.41) is 14.7. The van der Waals surface area contributed by atoms with Crippen LogP contribution in [0.25, 0.3) is 0 Å². The van der Waals surface area contributed by atoms with E-state index in [9.17, 15) is 14.9 Å². The number of thioether (sulfide) groups is 1. The summed E-state index contributed by atoms with van der Waals surface area (Å²) in [5.74, 6) is 0.910. The molecule has 7 heteroatoms. The first-order valence-corrected chi connectivity index (χ1v) is 8.75. The third kappa shape index (κ3) is 2.28. The molecule has 0 saturated heterocycles. The zero-order chi connectivity index (χ0) is 16.1. The zero-order valence-electron chi connectivity index (χ0n) is 12.1. The van der Waals surface area contributed by atoms with Gasteiger partial charge in [0.15, 0.2) is 5.78 Å². The van der Waals surface area contributed by atoms with Gasteiger partial charge in [0, 0.05) is 46.0 Å². The van der Waals surface area contributed by atoms with Gasteiger partial charge in [-0.3, -0.25) is 14.9 Å². The molecule has 1 aromatic carbocycles. The van der Waals surface area contributed by atoms with Gasteiger partial charge in [0.25, 0.3) is 5.69 Å². The Labute approximate surface area is 141 Å². The molecule has 0 radical (unpaired) electrons. The highest BCUT2D eigenvalue weighted by atomic mass is 35.5. The molecule has 0 spiro atoms. The highest BCUT2D eigenvalue weighted by Crippen LogP contribution is 2.51. The topological polar surface area (TPSA) is 72.2 Å². The number of nitrogens with one attached hydrogen (secondary N) is 1. The molecule has 2 aliphatic heterocycles. The predicted octanol–water partition coefficient (Wildman–Crippen LogP) is 3.90. The number of nitrogens with zero attached hydrogens (tertiary/aromatic N) is 1. The summed E-state index contributed by atoms with van der Waals surface area (Å²) in [6.45, 7) is 0. The molecule has 0 amide bonds. The van der Waals surface area contributed by atoms with Crippen molar-refractivity contribution >= 4 is 34.8 Å². The van der Waals surface area contributed by atoms with Crippen molar-refractivity contribution in [2.24, 2.45) is 0 Å². The number of nitro groups is 1. The average molecular weight is 349 g/mol. The highest BCUT2D eigenvalue weighted by molar-refractivity contribution is 8.03. The Morgan fingerprint density at radius 3 is 2.87 bits per heavy atom. The molecule has 3 aliphatic rings. The summed E-state index contributed by atoms with van der Waals surface area (Å²) in [6, 6.07) is 4.86. The minimum atomic E-state index is -0.476. The van der Waals surface area contributed by atoms with E-state index in [-0.39, 0.29) is 22.4 Å². The number of dihydropyridines is 1. The van der Waals surface area contributed by atoms with Crippen LogP contribution in [0.15, 0.2) is 40.1 Å². The first-order valence-electron chi connectivity index (χ1n) is 7.39. The molecule has 5 nitrogen and oxygen atoms in total. The van der Waals surface area contributed by atoms with Gasteiger partial charge in [-0.25, -0.2) is 0 Å². The van der Waals surface area contributed by atoms with Crippen molar-refractivity contribution in [1.29, 1.82) is 0 Å². The summed E-state index contributed by atoms with van der Waals surface area (Å²) in [7, 11) is 0. The van der Waals surface area contributed by atoms with Crippen LogP contribution in [-0.2, 0) is 4.79 Å². The quantitative estimate of drug-likeness (QED) is 0.648. The predicted molar refractivity (Wildman–Crippen MR) is 89.4 cm³/mol. The van der Waals surface area contributed by atoms with Gasteiger partial charge in [-0.2, -0.15) is 0 Å². The van der Waals surface area contributed by atoms with E-state index < -0.39 is 4.92 Å². The number of benzene rings is 1. The number of allylic oxidation sites excluding steroid dienone is 4. The molecule has 1 aliphatic carbocycles. The largest absolute Gasteiger partial charge is 0.361 e. The lowest BCUT2D eigenvalue weighted by Gasteiger charge is -2.27. The van der Waals surface area contributed by atoms with Gasteiger partial charge >= 0.3 is 0 Å². The normalized spacial score (nSPS) is 23.0. The van der Waals surface area contributed by atoms with Gasteiger partial charge in [-0.15, -0.1) is 11.8 Å². The molecule has 1 N–H and O–H groups in total. The Kier molecular flexibility index (Phi) is 3.46. The van der Waals surface area contributed by atoms with Crippen LogP contribution in [0.2, 0.25) is 5.02 Å². The molecular weight excluding hydrogens is 336 g/mol. The molecule has 0 aromatic heterocycles. The fraction of sp³-hybridized carbons (Fsp3) is 0.312. The van der Waals surface area contributed by atoms with E-state index in [1.165, 1.54) is 6.07 Å². The molecular formula is C16H13ClN2O3S. The number of Topliss-reactive ketones (excluding diaryl/α,β-unsaturated/α-hetero) is 1. The lowest BCUT2D eigenvalue weighted by atomic mass is 9.86. The first-order chi connectivity index (χ1) is 11.1. The van der Waals surface area contributed by atoms with Crippen molar-refractivity contribution < 1.29 is 9.72 Å². The maximum absolute atomic E-state index is 12.4. The molecule has 4 rings (SSSR count). The van der Waals surface area contributed by atoms with Crippen LogP contribution in [0.1, 0.15) is 30.7 Å². The smallest absolute Gasteiger partial charge is 0.288 e. The summed E-state index contributed by atoms with van der Waals surface area (Å²) in [6.07, 6.45) is 2.17. The van der Waals surface area contributed by atoms with E-state index in [1.807, 2.05) is 0 Å². The molecule has 1 unspecified atom stereocenters. The van der Waals surface area contributed by atoms with Crippen molar-refractivity contribution in [2.45, 2.75) is 25.2 Å². The van der Waals surface area contributed by atoms with Gasteiger partial charge in [-0.05, 0) is 24.5 Å². The van der Waals surface area contributed by atoms with Crippen LogP contribution < -0.4 is 5.32 Å². The molecule has 1 aromatic rings. The fourth-order valence-electron chi connectivity index (χ4n) is 3.48. The van der Waals surface area contributed by atoms with Crippen LogP contribution in [0.5, 0.6) is 0 Å². The van der Waals surface area contributed by atoms with Gasteiger partial charge in [0.2, 0.25) is 0 Å². The lowest BCUT2D eigenvalue weighted by Crippen LogP contribution is -2.23. The minimum absolute atomic E-state index is 0.111. The monoisotopic (exact) mass is 348 g/mol. The van der Waals surface area contributed by atoms with Crippen LogP contribution in [0.3, 0.4) is 0 Å². The van der Waals surface area contributed by atoms with Crippen molar-refractivity contribution in [2.75, 3.05) is 5.75 Å². The van der Waals surface area contributed by atoms with Gasteiger partial charge in [-0.1, -0.05) is 17.7 Å². The Morgan fingerprint density at radius 1 is 1.26 bits per heavy atom. The molecule has 2 heterocycles. The van der Waals surface area contributed by atoms with E-state index in [2.05, 4.69) is 5.32 Å². The fourth-order valence-corrected chi connectivity index (χ4v) is 4.94. The number of ketones is 1. The number of halogens is 1. The minimum Gasteiger partial charge on any atom is -0.361 e. The third-order valence-electron chi connectivity index (χ3n) is 4.49. The maximum Gasteiger partial charge on any atom is 0.288 e. The maximum atomic E-state index is 12.4. The molecule has 0 fully saturated rings. The molecule has 0 saturated carbocycles. The van der Waals surface area contributed by atoms with Gasteiger partial charge in [0.05, 0.1) is 4.92 Å². The van der Waals surface area contributed by atoms with E-state index in [0.717, 1.165) is 46.0 Å². The highest BCUT2D eigenvalue weighted by Gasteiger charge is 2.40. The number of hydrogen-bond donors (Lipinski definition) is 1. The van der Waals surface area contributed by atoms with Gasteiger partial charge in [0.1, 0.15) is 5.02 Å². The number of nitro benzene ring substituents is 1. The third-order valence-corrected chi connectivity index (χ3v) is 6.01. The van der Waals surface area contributed by atoms with Crippen molar-refractivity contribution in [3.05, 3.63) is 60.8 Å². The standard InChI is InChI=1S/C16H13ClN2O3S/c17-9-2-1-8(7-12(9)19(21)22)14-15-10(3-4-13(15)20)18-11-5-6-23-16(11)14/h1-2,7,14,18H,3-6H2. The summed E-state index contributed by atoms with van der Waals surface area (Å²) >= 11 is 7.66. The molecule has 1 atom stereocenters. The molecule has 23 heavy (non-hydrogen) atoms. The lowest BCUT2D eigenvalue weighted by molar-refractivity contribution is -0.384. The van der Waals surface area contributed by atoms with E-state index in [1.54, 1.807) is 23.9 Å². The van der Waals surface area contributed by atoms with Gasteiger partial charge < -0.3 is 5.32 Å². The van der Waals surface area contributed by atoms with Crippen LogP contribution >= 0.6 is 23.4 Å². The Bertz CT molecular complexity index is 816. The summed E-state index contributed by atoms with van der Waals surface area (Å²) in [4.78, 5) is 24.2. The summed E-state index contributed by atoms with van der Waals surface area (Å²) < 4.78 is 0.